The molecule has 96 valence electrons. The first-order chi connectivity index (χ1) is 8.16. The second-order valence-corrected chi connectivity index (χ2v) is 4.79. The van der Waals surface area contributed by atoms with Gasteiger partial charge in [0.25, 0.3) is 0 Å². The van der Waals surface area contributed by atoms with Crippen LogP contribution >= 0.6 is 11.6 Å². The number of halogens is 1. The zero-order chi connectivity index (χ0) is 12.7. The Balaban J connectivity index is 2.63. The number of nitrogens with two attached hydrogens (primary N) is 1. The number of ether oxygens (including phenoxy) is 1. The molecule has 0 saturated carbocycles. The Morgan fingerprint density at radius 3 is 2.59 bits per heavy atom. The zero-order valence-electron chi connectivity index (χ0n) is 10.7. The molecule has 0 bridgehead atoms. The van der Waals surface area contributed by atoms with Crippen LogP contribution in [0.3, 0.4) is 0 Å². The third kappa shape index (κ3) is 4.66. The summed E-state index contributed by atoms with van der Waals surface area (Å²) < 4.78 is 5.86. The lowest BCUT2D eigenvalue weighted by Gasteiger charge is -2.22. The van der Waals surface area contributed by atoms with Gasteiger partial charge in [-0.05, 0) is 19.4 Å². The first kappa shape index (κ1) is 14.5. The minimum atomic E-state index is -0.111. The molecule has 0 aliphatic rings. The Labute approximate surface area is 109 Å². The van der Waals surface area contributed by atoms with Gasteiger partial charge in [0.05, 0.1) is 6.10 Å². The van der Waals surface area contributed by atoms with Crippen LogP contribution in [0.5, 0.6) is 0 Å². The minimum Gasteiger partial charge on any atom is -0.372 e. The third-order valence-electron chi connectivity index (χ3n) is 2.73. The van der Waals surface area contributed by atoms with Crippen LogP contribution in [0.1, 0.15) is 44.8 Å². The van der Waals surface area contributed by atoms with Gasteiger partial charge in [0.2, 0.25) is 0 Å². The summed E-state index contributed by atoms with van der Waals surface area (Å²) in [7, 11) is 0. The van der Waals surface area contributed by atoms with Crippen molar-refractivity contribution < 1.29 is 4.74 Å². The normalized spacial score (nSPS) is 14.6. The quantitative estimate of drug-likeness (QED) is 0.749. The van der Waals surface area contributed by atoms with Gasteiger partial charge < -0.3 is 10.5 Å². The SMILES string of the molecule is CCCCCOC(c1ccccc1Cl)C(C)N. The molecule has 0 aliphatic carbocycles. The van der Waals surface area contributed by atoms with Gasteiger partial charge in [-0.15, -0.1) is 0 Å². The van der Waals surface area contributed by atoms with Crippen LogP contribution in [-0.2, 0) is 4.74 Å². The molecule has 0 heterocycles. The van der Waals surface area contributed by atoms with E-state index in [4.69, 9.17) is 22.1 Å². The highest BCUT2D eigenvalue weighted by Gasteiger charge is 2.18. The van der Waals surface area contributed by atoms with E-state index in [1.807, 2.05) is 31.2 Å². The lowest BCUT2D eigenvalue weighted by atomic mass is 10.0. The van der Waals surface area contributed by atoms with E-state index in [1.165, 1.54) is 12.8 Å². The maximum Gasteiger partial charge on any atom is 0.0987 e. The first-order valence-electron chi connectivity index (χ1n) is 6.28. The van der Waals surface area contributed by atoms with E-state index in [0.29, 0.717) is 0 Å². The van der Waals surface area contributed by atoms with Gasteiger partial charge in [0, 0.05) is 23.2 Å². The van der Waals surface area contributed by atoms with E-state index >= 15 is 0 Å². The molecule has 2 N–H and O–H groups in total. The maximum atomic E-state index is 6.17. The summed E-state index contributed by atoms with van der Waals surface area (Å²) in [5.41, 5.74) is 6.96. The Morgan fingerprint density at radius 2 is 2.00 bits per heavy atom. The van der Waals surface area contributed by atoms with Crippen molar-refractivity contribution in [3.8, 4) is 0 Å². The molecule has 0 radical (unpaired) electrons. The molecule has 0 spiro atoms. The second kappa shape index (κ2) is 7.70. The smallest absolute Gasteiger partial charge is 0.0987 e. The van der Waals surface area contributed by atoms with Crippen LogP contribution in [0.15, 0.2) is 24.3 Å². The van der Waals surface area contributed by atoms with Crippen molar-refractivity contribution in [2.75, 3.05) is 6.61 Å². The molecule has 1 rings (SSSR count). The van der Waals surface area contributed by atoms with Crippen LogP contribution < -0.4 is 5.73 Å². The van der Waals surface area contributed by atoms with Crippen molar-refractivity contribution in [3.05, 3.63) is 34.9 Å². The molecular formula is C14H22ClNO. The number of rotatable bonds is 7. The number of hydrogen-bond donors (Lipinski definition) is 1. The van der Waals surface area contributed by atoms with Crippen LogP contribution in [0.25, 0.3) is 0 Å². The van der Waals surface area contributed by atoms with Crippen molar-refractivity contribution in [2.24, 2.45) is 5.73 Å². The molecule has 2 unspecified atom stereocenters. The fraction of sp³-hybridized carbons (Fsp3) is 0.571. The standard InChI is InChI=1S/C14H22ClNO/c1-3-4-7-10-17-14(11(2)16)12-8-5-6-9-13(12)15/h5-6,8-9,11,14H,3-4,7,10,16H2,1-2H3. The van der Waals surface area contributed by atoms with E-state index in [-0.39, 0.29) is 12.1 Å². The Hall–Kier alpha value is -0.570. The summed E-state index contributed by atoms with van der Waals surface area (Å²) in [5.74, 6) is 0. The Morgan fingerprint density at radius 1 is 1.29 bits per heavy atom. The summed E-state index contributed by atoms with van der Waals surface area (Å²) in [6.07, 6.45) is 3.34. The van der Waals surface area contributed by atoms with Gasteiger partial charge in [-0.3, -0.25) is 0 Å². The maximum absolute atomic E-state index is 6.17. The zero-order valence-corrected chi connectivity index (χ0v) is 11.4. The molecule has 1 aromatic carbocycles. The molecule has 0 saturated heterocycles. The summed E-state index contributed by atoms with van der Waals surface area (Å²) in [5, 5.41) is 0.727. The number of benzene rings is 1. The summed E-state index contributed by atoms with van der Waals surface area (Å²) >= 11 is 6.17. The molecule has 0 aromatic heterocycles. The molecule has 3 heteroatoms. The minimum absolute atomic E-state index is 0.0588. The topological polar surface area (TPSA) is 35.2 Å². The van der Waals surface area contributed by atoms with Crippen molar-refractivity contribution in [3.63, 3.8) is 0 Å². The van der Waals surface area contributed by atoms with E-state index in [0.717, 1.165) is 23.6 Å². The van der Waals surface area contributed by atoms with Crippen molar-refractivity contribution >= 4 is 11.6 Å². The van der Waals surface area contributed by atoms with Gasteiger partial charge in [0.15, 0.2) is 0 Å². The molecule has 2 nitrogen and oxygen atoms in total. The molecule has 0 fully saturated rings. The molecule has 0 aliphatic heterocycles. The largest absolute Gasteiger partial charge is 0.372 e. The number of hydrogen-bond acceptors (Lipinski definition) is 2. The van der Waals surface area contributed by atoms with E-state index < -0.39 is 0 Å². The fourth-order valence-corrected chi connectivity index (χ4v) is 2.04. The fourth-order valence-electron chi connectivity index (χ4n) is 1.79. The highest BCUT2D eigenvalue weighted by molar-refractivity contribution is 6.31. The summed E-state index contributed by atoms with van der Waals surface area (Å²) in [4.78, 5) is 0. The molecule has 17 heavy (non-hydrogen) atoms. The molecular weight excluding hydrogens is 234 g/mol. The van der Waals surface area contributed by atoms with Crippen molar-refractivity contribution in [1.29, 1.82) is 0 Å². The van der Waals surface area contributed by atoms with E-state index in [9.17, 15) is 0 Å². The third-order valence-corrected chi connectivity index (χ3v) is 3.08. The summed E-state index contributed by atoms with van der Waals surface area (Å²) in [6.45, 7) is 4.87. The van der Waals surface area contributed by atoms with Crippen LogP contribution in [0.2, 0.25) is 5.02 Å². The lowest BCUT2D eigenvalue weighted by molar-refractivity contribution is 0.0361. The Bertz CT molecular complexity index is 328. The average molecular weight is 256 g/mol. The predicted molar refractivity (Wildman–Crippen MR) is 73.3 cm³/mol. The molecule has 1 aromatic rings. The molecule has 2 atom stereocenters. The van der Waals surface area contributed by atoms with Gasteiger partial charge in [0.1, 0.15) is 0 Å². The molecule has 0 amide bonds. The van der Waals surface area contributed by atoms with Crippen LogP contribution in [-0.4, -0.2) is 12.6 Å². The summed E-state index contributed by atoms with van der Waals surface area (Å²) in [6, 6.07) is 7.68. The van der Waals surface area contributed by atoms with Crippen LogP contribution in [0, 0.1) is 0 Å². The Kier molecular flexibility index (Phi) is 6.56. The average Bonchev–Trinajstić information content (AvgIpc) is 2.30. The van der Waals surface area contributed by atoms with Gasteiger partial charge in [-0.25, -0.2) is 0 Å². The van der Waals surface area contributed by atoms with Crippen molar-refractivity contribution in [1.82, 2.24) is 0 Å². The highest BCUT2D eigenvalue weighted by atomic mass is 35.5. The first-order valence-corrected chi connectivity index (χ1v) is 6.66. The lowest BCUT2D eigenvalue weighted by Crippen LogP contribution is -2.27. The monoisotopic (exact) mass is 255 g/mol. The van der Waals surface area contributed by atoms with Gasteiger partial charge in [-0.2, -0.15) is 0 Å². The highest BCUT2D eigenvalue weighted by Crippen LogP contribution is 2.27. The predicted octanol–water partition coefficient (Wildman–Crippen LogP) is 3.94. The number of unbranched alkanes of at least 4 members (excludes halogenated alkanes) is 2. The van der Waals surface area contributed by atoms with Crippen LogP contribution in [0.4, 0.5) is 0 Å². The van der Waals surface area contributed by atoms with Crippen molar-refractivity contribution in [2.45, 2.75) is 45.3 Å². The second-order valence-electron chi connectivity index (χ2n) is 4.38. The van der Waals surface area contributed by atoms with E-state index in [1.54, 1.807) is 0 Å². The van der Waals surface area contributed by atoms with Gasteiger partial charge >= 0.3 is 0 Å². The van der Waals surface area contributed by atoms with Gasteiger partial charge in [-0.1, -0.05) is 49.6 Å². The van der Waals surface area contributed by atoms with E-state index in [2.05, 4.69) is 6.92 Å².